The molecule has 2 heterocycles. The van der Waals surface area contributed by atoms with Crippen molar-refractivity contribution in [3.8, 4) is 0 Å². The Morgan fingerprint density at radius 2 is 2.14 bits per heavy atom. The van der Waals surface area contributed by atoms with Crippen molar-refractivity contribution in [3.63, 3.8) is 0 Å². The van der Waals surface area contributed by atoms with Crippen LogP contribution in [0, 0.1) is 5.92 Å². The van der Waals surface area contributed by atoms with Crippen molar-refractivity contribution in [3.05, 3.63) is 35.5 Å². The Morgan fingerprint density at radius 3 is 2.90 bits per heavy atom. The van der Waals surface area contributed by atoms with Gasteiger partial charge in [0, 0.05) is 42.7 Å². The average Bonchev–Trinajstić information content (AvgIpc) is 2.78. The van der Waals surface area contributed by atoms with Crippen LogP contribution in [0.15, 0.2) is 24.4 Å². The van der Waals surface area contributed by atoms with E-state index < -0.39 is 5.97 Å². The van der Waals surface area contributed by atoms with Gasteiger partial charge in [-0.05, 0) is 37.1 Å². The van der Waals surface area contributed by atoms with E-state index in [4.69, 9.17) is 0 Å². The second-order valence-electron chi connectivity index (χ2n) is 6.60. The Hall–Kier alpha value is -1.81. The lowest BCUT2D eigenvalue weighted by atomic mass is 9.72. The number of likely N-dealkylation sites (N-methyl/N-ethyl adjacent to an activating group) is 1. The quantitative estimate of drug-likeness (QED) is 0.873. The van der Waals surface area contributed by atoms with Gasteiger partial charge < -0.3 is 14.6 Å². The fraction of sp³-hybridized carbons (Fsp3) is 0.471. The summed E-state index contributed by atoms with van der Waals surface area (Å²) in [5.41, 5.74) is 4.02. The summed E-state index contributed by atoms with van der Waals surface area (Å²) in [6.45, 7) is 0.661. The third kappa shape index (κ3) is 1.75. The number of rotatable bonds is 1. The zero-order valence-corrected chi connectivity index (χ0v) is 12.4. The summed E-state index contributed by atoms with van der Waals surface area (Å²) in [6, 6.07) is 6.89. The van der Waals surface area contributed by atoms with E-state index in [2.05, 4.69) is 48.0 Å². The maximum Gasteiger partial charge on any atom is 0.307 e. The zero-order chi connectivity index (χ0) is 14.7. The van der Waals surface area contributed by atoms with Crippen molar-refractivity contribution in [2.75, 3.05) is 13.6 Å². The van der Waals surface area contributed by atoms with Crippen molar-refractivity contribution in [2.45, 2.75) is 24.8 Å². The molecule has 0 bridgehead atoms. The zero-order valence-electron chi connectivity index (χ0n) is 12.4. The summed E-state index contributed by atoms with van der Waals surface area (Å²) < 4.78 is 2.19. The fourth-order valence-electron chi connectivity index (χ4n) is 4.40. The number of carbonyl (C=O) groups is 1. The number of nitrogens with zero attached hydrogens (tertiary/aromatic N) is 2. The molecule has 4 heteroatoms. The van der Waals surface area contributed by atoms with Gasteiger partial charge in [-0.1, -0.05) is 12.1 Å². The molecule has 1 aromatic carbocycles. The molecule has 1 saturated heterocycles. The number of fused-ring (bicyclic) bond motifs is 2. The summed E-state index contributed by atoms with van der Waals surface area (Å²) >= 11 is 0. The van der Waals surface area contributed by atoms with Crippen LogP contribution in [0.2, 0.25) is 0 Å². The van der Waals surface area contributed by atoms with Crippen LogP contribution in [0.3, 0.4) is 0 Å². The topological polar surface area (TPSA) is 45.5 Å². The lowest BCUT2D eigenvalue weighted by molar-refractivity contribution is -0.144. The smallest absolute Gasteiger partial charge is 0.307 e. The largest absolute Gasteiger partial charge is 0.481 e. The number of piperidine rings is 1. The lowest BCUT2D eigenvalue weighted by Crippen LogP contribution is -2.49. The van der Waals surface area contributed by atoms with E-state index in [0.717, 1.165) is 12.8 Å². The Labute approximate surface area is 124 Å². The van der Waals surface area contributed by atoms with Gasteiger partial charge in [-0.15, -0.1) is 0 Å². The minimum atomic E-state index is -0.661. The molecule has 21 heavy (non-hydrogen) atoms. The Kier molecular flexibility index (Phi) is 2.67. The normalized spacial score (nSPS) is 28.6. The fourth-order valence-corrected chi connectivity index (χ4v) is 4.40. The molecular formula is C17H20N2O2. The minimum Gasteiger partial charge on any atom is -0.481 e. The van der Waals surface area contributed by atoms with E-state index in [1.807, 2.05) is 0 Å². The molecule has 0 saturated carbocycles. The summed E-state index contributed by atoms with van der Waals surface area (Å²) in [6.07, 6.45) is 4.03. The highest BCUT2D eigenvalue weighted by Gasteiger charge is 2.41. The summed E-state index contributed by atoms with van der Waals surface area (Å²) in [7, 11) is 4.16. The number of carboxylic acid groups (broad SMARTS) is 1. The van der Waals surface area contributed by atoms with Gasteiger partial charge in [0.2, 0.25) is 0 Å². The van der Waals surface area contributed by atoms with E-state index in [1.54, 1.807) is 0 Å². The van der Waals surface area contributed by atoms with Crippen LogP contribution in [0.25, 0.3) is 10.9 Å². The molecule has 4 rings (SSSR count). The molecule has 1 fully saturated rings. The standard InChI is InChI=1S/C17H20N2O2/c1-18-8-10-7-15-13(6-11(17(20)21)9-19(15)2)12-4-3-5-14(18)16(10)12/h3-5,8,11,13,15H,6-7,9H2,1-2H3,(H,20,21)/t11?,13-,15-/m1/s1. The van der Waals surface area contributed by atoms with Gasteiger partial charge in [0.15, 0.2) is 0 Å². The van der Waals surface area contributed by atoms with E-state index in [9.17, 15) is 9.90 Å². The van der Waals surface area contributed by atoms with Crippen LogP contribution in [0.1, 0.15) is 23.5 Å². The van der Waals surface area contributed by atoms with Crippen LogP contribution >= 0.6 is 0 Å². The second kappa shape index (κ2) is 4.34. The van der Waals surface area contributed by atoms with Crippen molar-refractivity contribution >= 4 is 16.9 Å². The van der Waals surface area contributed by atoms with Crippen LogP contribution < -0.4 is 0 Å². The molecule has 0 amide bonds. The van der Waals surface area contributed by atoms with Crippen molar-refractivity contribution < 1.29 is 9.90 Å². The number of likely N-dealkylation sites (tertiary alicyclic amines) is 1. The number of aliphatic carboxylic acids is 1. The highest BCUT2D eigenvalue weighted by atomic mass is 16.4. The van der Waals surface area contributed by atoms with Crippen LogP contribution in [-0.4, -0.2) is 40.2 Å². The third-order valence-electron chi connectivity index (χ3n) is 5.38. The molecule has 4 nitrogen and oxygen atoms in total. The molecule has 110 valence electrons. The Morgan fingerprint density at radius 1 is 1.33 bits per heavy atom. The molecule has 0 radical (unpaired) electrons. The first-order valence-electron chi connectivity index (χ1n) is 7.56. The molecule has 1 aliphatic carbocycles. The molecule has 1 aromatic heterocycles. The molecule has 1 N–H and O–H groups in total. The predicted molar refractivity (Wildman–Crippen MR) is 81.5 cm³/mol. The first kappa shape index (κ1) is 12.9. The van der Waals surface area contributed by atoms with Gasteiger partial charge in [-0.3, -0.25) is 4.79 Å². The van der Waals surface area contributed by atoms with Gasteiger partial charge in [-0.2, -0.15) is 0 Å². The van der Waals surface area contributed by atoms with Gasteiger partial charge in [0.05, 0.1) is 5.92 Å². The first-order chi connectivity index (χ1) is 10.1. The maximum atomic E-state index is 11.4. The summed E-state index contributed by atoms with van der Waals surface area (Å²) in [5.74, 6) is -0.577. The highest BCUT2D eigenvalue weighted by molar-refractivity contribution is 5.89. The highest BCUT2D eigenvalue weighted by Crippen LogP contribution is 2.44. The van der Waals surface area contributed by atoms with Gasteiger partial charge in [0.25, 0.3) is 0 Å². The van der Waals surface area contributed by atoms with E-state index in [-0.39, 0.29) is 5.92 Å². The number of aryl methyl sites for hydroxylation is 1. The molecule has 3 atom stereocenters. The molecule has 1 unspecified atom stereocenters. The minimum absolute atomic E-state index is 0.253. The van der Waals surface area contributed by atoms with Crippen LogP contribution in [0.4, 0.5) is 0 Å². The third-order valence-corrected chi connectivity index (χ3v) is 5.38. The first-order valence-corrected chi connectivity index (χ1v) is 7.56. The number of benzene rings is 1. The number of aromatic nitrogens is 1. The van der Waals surface area contributed by atoms with E-state index >= 15 is 0 Å². The summed E-state index contributed by atoms with van der Waals surface area (Å²) in [5, 5.41) is 10.8. The number of carboxylic acids is 1. The van der Waals surface area contributed by atoms with Gasteiger partial charge in [0.1, 0.15) is 0 Å². The lowest BCUT2D eigenvalue weighted by Gasteiger charge is -2.44. The van der Waals surface area contributed by atoms with Crippen LogP contribution in [0.5, 0.6) is 0 Å². The average molecular weight is 284 g/mol. The Bertz CT molecular complexity index is 734. The van der Waals surface area contributed by atoms with Crippen molar-refractivity contribution in [1.82, 2.24) is 9.47 Å². The monoisotopic (exact) mass is 284 g/mol. The Balaban J connectivity index is 1.87. The van der Waals surface area contributed by atoms with Crippen molar-refractivity contribution in [2.24, 2.45) is 13.0 Å². The maximum absolute atomic E-state index is 11.4. The second-order valence-corrected chi connectivity index (χ2v) is 6.60. The SMILES string of the molecule is CN1CC(C(=O)O)C[C@@H]2c3cccc4c3c(cn4C)C[C@H]21. The number of hydrogen-bond donors (Lipinski definition) is 1. The summed E-state index contributed by atoms with van der Waals surface area (Å²) in [4.78, 5) is 13.7. The molecule has 2 aliphatic rings. The predicted octanol–water partition coefficient (Wildman–Crippen LogP) is 2.22. The van der Waals surface area contributed by atoms with Crippen molar-refractivity contribution in [1.29, 1.82) is 0 Å². The van der Waals surface area contributed by atoms with E-state index in [0.29, 0.717) is 18.5 Å². The number of hydrogen-bond acceptors (Lipinski definition) is 2. The van der Waals surface area contributed by atoms with Gasteiger partial charge in [-0.25, -0.2) is 0 Å². The van der Waals surface area contributed by atoms with Crippen LogP contribution in [-0.2, 0) is 18.3 Å². The molecular weight excluding hydrogens is 264 g/mol. The van der Waals surface area contributed by atoms with Gasteiger partial charge >= 0.3 is 5.97 Å². The molecule has 2 aromatic rings. The molecule has 0 spiro atoms. The molecule has 1 aliphatic heterocycles. The van der Waals surface area contributed by atoms with E-state index in [1.165, 1.54) is 22.0 Å².